The fourth-order valence-electron chi connectivity index (χ4n) is 3.82. The molecule has 0 saturated heterocycles. The van der Waals surface area contributed by atoms with Gasteiger partial charge in [-0.2, -0.15) is 13.2 Å². The molecule has 5 aromatic rings. The zero-order valence-corrected chi connectivity index (χ0v) is 23.2. The summed E-state index contributed by atoms with van der Waals surface area (Å²) in [5, 5.41) is 14.9. The van der Waals surface area contributed by atoms with Crippen molar-refractivity contribution < 1.29 is 18.0 Å². The van der Waals surface area contributed by atoms with Crippen LogP contribution >= 0.6 is 34.7 Å². The number of nitrogens with one attached hydrogen (secondary N) is 1. The second-order valence-corrected chi connectivity index (χ2v) is 10.9. The molecular weight excluding hydrogens is 581 g/mol. The summed E-state index contributed by atoms with van der Waals surface area (Å²) in [5.74, 6) is 0.548. The second-order valence-electron chi connectivity index (χ2n) is 8.61. The van der Waals surface area contributed by atoms with E-state index in [2.05, 4.69) is 25.5 Å². The molecule has 7 nitrogen and oxygen atoms in total. The molecule has 204 valence electrons. The molecular formula is C27H20ClF3N6OS2. The standard InChI is InChI=1S/C27H20ClF3N6OS2/c1-16-7-8-20(28)11-22(16)37-24(18-5-3-9-32-13-18)35-36-26(37)40-15-23-34-21(14-39-23)25(38)33-12-17-4-2-6-19(10-17)27(29,30)31/h2-11,13-14H,12,15H2,1H3,(H,33,38). The summed E-state index contributed by atoms with van der Waals surface area (Å²) in [7, 11) is 0. The maximum Gasteiger partial charge on any atom is 0.416 e. The van der Waals surface area contributed by atoms with Gasteiger partial charge in [-0.15, -0.1) is 21.5 Å². The molecule has 0 unspecified atom stereocenters. The molecule has 13 heteroatoms. The molecule has 2 aromatic carbocycles. The van der Waals surface area contributed by atoms with Crippen LogP contribution in [0.3, 0.4) is 0 Å². The van der Waals surface area contributed by atoms with Crippen molar-refractivity contribution in [2.45, 2.75) is 30.6 Å². The van der Waals surface area contributed by atoms with Crippen LogP contribution < -0.4 is 5.32 Å². The van der Waals surface area contributed by atoms with Crippen LogP contribution in [0, 0.1) is 6.92 Å². The summed E-state index contributed by atoms with van der Waals surface area (Å²) in [6.45, 7) is 1.92. The molecule has 3 heterocycles. The lowest BCUT2D eigenvalue weighted by atomic mass is 10.1. The van der Waals surface area contributed by atoms with Crippen LogP contribution in [-0.4, -0.2) is 30.6 Å². The highest BCUT2D eigenvalue weighted by atomic mass is 35.5. The van der Waals surface area contributed by atoms with Crippen LogP contribution in [0.1, 0.15) is 32.2 Å². The molecule has 5 rings (SSSR count). The van der Waals surface area contributed by atoms with Crippen LogP contribution in [0.2, 0.25) is 5.02 Å². The van der Waals surface area contributed by atoms with Crippen molar-refractivity contribution in [3.8, 4) is 17.1 Å². The summed E-state index contributed by atoms with van der Waals surface area (Å²) in [6, 6.07) is 14.1. The molecule has 0 spiro atoms. The average Bonchev–Trinajstić information content (AvgIpc) is 3.59. The smallest absolute Gasteiger partial charge is 0.347 e. The van der Waals surface area contributed by atoms with Gasteiger partial charge in [-0.25, -0.2) is 4.98 Å². The number of thiazole rings is 1. The first-order valence-electron chi connectivity index (χ1n) is 11.8. The molecule has 40 heavy (non-hydrogen) atoms. The Morgan fingerprint density at radius 2 is 1.98 bits per heavy atom. The monoisotopic (exact) mass is 600 g/mol. The zero-order valence-electron chi connectivity index (χ0n) is 20.8. The molecule has 0 fully saturated rings. The van der Waals surface area contributed by atoms with Crippen LogP contribution in [0.5, 0.6) is 0 Å². The number of aromatic nitrogens is 5. The minimum absolute atomic E-state index is 0.0520. The number of alkyl halides is 3. The summed E-state index contributed by atoms with van der Waals surface area (Å²) in [5.41, 5.74) is 2.36. The number of halogens is 4. The van der Waals surface area contributed by atoms with Crippen molar-refractivity contribution in [3.05, 3.63) is 105 Å². The van der Waals surface area contributed by atoms with Gasteiger partial charge in [-0.1, -0.05) is 41.6 Å². The largest absolute Gasteiger partial charge is 0.416 e. The van der Waals surface area contributed by atoms with E-state index in [-0.39, 0.29) is 12.2 Å². The topological polar surface area (TPSA) is 85.6 Å². The fraction of sp³-hybridized carbons (Fsp3) is 0.148. The maximum absolute atomic E-state index is 13.0. The number of carbonyl (C=O) groups excluding carboxylic acids is 1. The minimum Gasteiger partial charge on any atom is -0.347 e. The molecule has 0 bridgehead atoms. The summed E-state index contributed by atoms with van der Waals surface area (Å²) < 4.78 is 40.8. The van der Waals surface area contributed by atoms with E-state index in [0.717, 1.165) is 28.9 Å². The summed E-state index contributed by atoms with van der Waals surface area (Å²) >= 11 is 9.02. The number of amides is 1. The second kappa shape index (κ2) is 11.8. The highest BCUT2D eigenvalue weighted by molar-refractivity contribution is 7.98. The number of nitrogens with zero attached hydrogens (tertiary/aromatic N) is 5. The first-order valence-corrected chi connectivity index (χ1v) is 14.1. The lowest BCUT2D eigenvalue weighted by Crippen LogP contribution is -2.23. The van der Waals surface area contributed by atoms with E-state index in [1.165, 1.54) is 35.2 Å². The Balaban J connectivity index is 1.31. The van der Waals surface area contributed by atoms with Gasteiger partial charge in [0.2, 0.25) is 0 Å². The number of carbonyl (C=O) groups is 1. The molecule has 0 radical (unpaired) electrons. The Morgan fingerprint density at radius 1 is 1.12 bits per heavy atom. The number of thioether (sulfide) groups is 1. The highest BCUT2D eigenvalue weighted by Gasteiger charge is 2.30. The SMILES string of the molecule is Cc1ccc(Cl)cc1-n1c(SCc2nc(C(=O)NCc3cccc(C(F)(F)F)c3)cs2)nnc1-c1cccnc1. The third kappa shape index (κ3) is 6.35. The van der Waals surface area contributed by atoms with E-state index in [1.807, 2.05) is 41.8 Å². The minimum atomic E-state index is -4.45. The van der Waals surface area contributed by atoms with Gasteiger partial charge < -0.3 is 5.32 Å². The molecule has 0 aliphatic heterocycles. The Morgan fingerprint density at radius 3 is 2.75 bits per heavy atom. The van der Waals surface area contributed by atoms with Gasteiger partial charge in [0.1, 0.15) is 10.7 Å². The maximum atomic E-state index is 13.0. The van der Waals surface area contributed by atoms with Crippen molar-refractivity contribution in [2.24, 2.45) is 0 Å². The normalized spacial score (nSPS) is 11.5. The van der Waals surface area contributed by atoms with Gasteiger partial charge in [0, 0.05) is 34.9 Å². The zero-order chi connectivity index (χ0) is 28.3. The van der Waals surface area contributed by atoms with E-state index in [1.54, 1.807) is 17.8 Å². The van der Waals surface area contributed by atoms with Gasteiger partial charge in [-0.3, -0.25) is 14.3 Å². The Kier molecular flexibility index (Phi) is 8.19. The molecule has 0 aliphatic rings. The predicted octanol–water partition coefficient (Wildman–Crippen LogP) is 6.99. The van der Waals surface area contributed by atoms with E-state index in [4.69, 9.17) is 11.6 Å². The van der Waals surface area contributed by atoms with Gasteiger partial charge >= 0.3 is 6.18 Å². The van der Waals surface area contributed by atoms with Crippen molar-refractivity contribution >= 4 is 40.6 Å². The summed E-state index contributed by atoms with van der Waals surface area (Å²) in [4.78, 5) is 21.2. The van der Waals surface area contributed by atoms with Gasteiger partial charge in [-0.05, 0) is 54.4 Å². The Labute approximate surface area is 240 Å². The third-order valence-electron chi connectivity index (χ3n) is 5.78. The molecule has 0 atom stereocenters. The van der Waals surface area contributed by atoms with Crippen LogP contribution in [0.15, 0.2) is 77.5 Å². The van der Waals surface area contributed by atoms with Gasteiger partial charge in [0.05, 0.1) is 17.0 Å². The van der Waals surface area contributed by atoms with E-state index in [9.17, 15) is 18.0 Å². The Hall–Kier alpha value is -3.74. The number of benzene rings is 2. The lowest BCUT2D eigenvalue weighted by Gasteiger charge is -2.13. The van der Waals surface area contributed by atoms with Crippen LogP contribution in [0.25, 0.3) is 17.1 Å². The van der Waals surface area contributed by atoms with Crippen LogP contribution in [-0.2, 0) is 18.5 Å². The number of rotatable bonds is 8. The van der Waals surface area contributed by atoms with Gasteiger partial charge in [0.25, 0.3) is 5.91 Å². The van der Waals surface area contributed by atoms with Crippen molar-refractivity contribution in [2.75, 3.05) is 0 Å². The Bertz CT molecular complexity index is 1660. The van der Waals surface area contributed by atoms with Crippen molar-refractivity contribution in [1.82, 2.24) is 30.0 Å². The molecule has 0 saturated carbocycles. The third-order valence-corrected chi connectivity index (χ3v) is 7.99. The average molecular weight is 601 g/mol. The number of hydrogen-bond donors (Lipinski definition) is 1. The number of aryl methyl sites for hydroxylation is 1. The molecule has 1 N–H and O–H groups in total. The number of pyridine rings is 1. The van der Waals surface area contributed by atoms with E-state index >= 15 is 0 Å². The lowest BCUT2D eigenvalue weighted by molar-refractivity contribution is -0.137. The van der Waals surface area contributed by atoms with E-state index in [0.29, 0.717) is 32.3 Å². The first-order chi connectivity index (χ1) is 19.2. The highest BCUT2D eigenvalue weighted by Crippen LogP contribution is 2.33. The van der Waals surface area contributed by atoms with Crippen molar-refractivity contribution in [3.63, 3.8) is 0 Å². The van der Waals surface area contributed by atoms with Gasteiger partial charge in [0.15, 0.2) is 11.0 Å². The quantitative estimate of drug-likeness (QED) is 0.193. The summed E-state index contributed by atoms with van der Waals surface area (Å²) in [6.07, 6.45) is -1.06. The predicted molar refractivity (Wildman–Crippen MR) is 149 cm³/mol. The fourth-order valence-corrected chi connectivity index (χ4v) is 5.73. The van der Waals surface area contributed by atoms with E-state index < -0.39 is 17.6 Å². The number of hydrogen-bond acceptors (Lipinski definition) is 7. The molecule has 3 aromatic heterocycles. The van der Waals surface area contributed by atoms with Crippen molar-refractivity contribution in [1.29, 1.82) is 0 Å². The molecule has 0 aliphatic carbocycles. The van der Waals surface area contributed by atoms with Crippen LogP contribution in [0.4, 0.5) is 13.2 Å². The first kappa shape index (κ1) is 27.8. The molecule has 1 amide bonds.